The van der Waals surface area contributed by atoms with E-state index in [9.17, 15) is 10.2 Å². The molecule has 0 saturated carbocycles. The number of hydrogen-bond donors (Lipinski definition) is 2. The van der Waals surface area contributed by atoms with E-state index in [4.69, 9.17) is 4.74 Å². The summed E-state index contributed by atoms with van der Waals surface area (Å²) in [6.45, 7) is 7.07. The van der Waals surface area contributed by atoms with Gasteiger partial charge in [-0.3, -0.25) is 0 Å². The summed E-state index contributed by atoms with van der Waals surface area (Å²) in [6.07, 6.45) is 0. The van der Waals surface area contributed by atoms with Crippen LogP contribution in [0.2, 0.25) is 0 Å². The highest BCUT2D eigenvalue weighted by Crippen LogP contribution is 2.40. The monoisotopic (exact) mass is 210 g/mol. The lowest BCUT2D eigenvalue weighted by Gasteiger charge is -2.22. The zero-order valence-electron chi connectivity index (χ0n) is 9.88. The maximum Gasteiger partial charge on any atom is 0.164 e. The summed E-state index contributed by atoms with van der Waals surface area (Å²) in [7, 11) is 1.51. The molecule has 0 atom stereocenters. The molecule has 15 heavy (non-hydrogen) atoms. The minimum Gasteiger partial charge on any atom is -0.504 e. The molecule has 0 spiro atoms. The Balaban J connectivity index is 3.51. The fourth-order valence-corrected chi connectivity index (χ4v) is 1.59. The molecule has 0 amide bonds. The van der Waals surface area contributed by atoms with E-state index in [2.05, 4.69) is 0 Å². The van der Waals surface area contributed by atoms with Gasteiger partial charge in [-0.15, -0.1) is 0 Å². The number of benzene rings is 1. The second kappa shape index (κ2) is 3.74. The van der Waals surface area contributed by atoms with Gasteiger partial charge in [0.25, 0.3) is 0 Å². The van der Waals surface area contributed by atoms with Crippen molar-refractivity contribution < 1.29 is 14.9 Å². The fourth-order valence-electron chi connectivity index (χ4n) is 1.59. The van der Waals surface area contributed by atoms with Gasteiger partial charge in [-0.1, -0.05) is 0 Å². The van der Waals surface area contributed by atoms with E-state index in [1.165, 1.54) is 7.11 Å². The first-order valence-electron chi connectivity index (χ1n) is 4.89. The predicted octanol–water partition coefficient (Wildman–Crippen LogP) is 2.25. The van der Waals surface area contributed by atoms with Crippen molar-refractivity contribution in [3.05, 3.63) is 22.8 Å². The Labute approximate surface area is 90.3 Å². The zero-order valence-corrected chi connectivity index (χ0v) is 9.88. The lowest BCUT2D eigenvalue weighted by atomic mass is 9.93. The van der Waals surface area contributed by atoms with Crippen LogP contribution >= 0.6 is 0 Å². The third-order valence-corrected chi connectivity index (χ3v) is 2.63. The second-order valence-corrected chi connectivity index (χ2v) is 4.31. The van der Waals surface area contributed by atoms with Crippen molar-refractivity contribution >= 4 is 0 Å². The highest BCUT2D eigenvalue weighted by atomic mass is 16.5. The molecule has 0 bridgehead atoms. The van der Waals surface area contributed by atoms with E-state index in [0.29, 0.717) is 11.3 Å². The molecule has 0 aliphatic heterocycles. The molecule has 0 radical (unpaired) electrons. The van der Waals surface area contributed by atoms with Gasteiger partial charge in [-0.05, 0) is 44.9 Å². The molecule has 0 fully saturated rings. The van der Waals surface area contributed by atoms with Gasteiger partial charge >= 0.3 is 0 Å². The molecule has 1 aromatic carbocycles. The zero-order chi connectivity index (χ0) is 11.8. The van der Waals surface area contributed by atoms with Gasteiger partial charge < -0.3 is 14.9 Å². The Hall–Kier alpha value is -1.22. The van der Waals surface area contributed by atoms with Gasteiger partial charge in [0.15, 0.2) is 11.5 Å². The molecule has 3 heteroatoms. The van der Waals surface area contributed by atoms with E-state index < -0.39 is 5.60 Å². The number of aromatic hydroxyl groups is 1. The summed E-state index contributed by atoms with van der Waals surface area (Å²) >= 11 is 0. The number of methoxy groups -OCH3 is 1. The molecule has 0 saturated heterocycles. The third-order valence-electron chi connectivity index (χ3n) is 2.63. The van der Waals surface area contributed by atoms with Crippen LogP contribution in [0.15, 0.2) is 6.07 Å². The Kier molecular flexibility index (Phi) is 2.95. The van der Waals surface area contributed by atoms with Gasteiger partial charge in [-0.2, -0.15) is 0 Å². The van der Waals surface area contributed by atoms with Crippen LogP contribution in [0.25, 0.3) is 0 Å². The SMILES string of the molecule is COc1c(C)c(C)cc(C(C)(C)O)c1O. The molecule has 84 valence electrons. The number of aliphatic hydroxyl groups is 1. The highest BCUT2D eigenvalue weighted by Gasteiger charge is 2.24. The van der Waals surface area contributed by atoms with Gasteiger partial charge in [0.1, 0.15) is 0 Å². The van der Waals surface area contributed by atoms with Crippen molar-refractivity contribution in [2.24, 2.45) is 0 Å². The summed E-state index contributed by atoms with van der Waals surface area (Å²) < 4.78 is 5.13. The normalized spacial score (nSPS) is 11.6. The standard InChI is InChI=1S/C12H18O3/c1-7-6-9(12(3,4)14)10(13)11(15-5)8(7)2/h6,13-14H,1-5H3. The Bertz CT molecular complexity index is 375. The summed E-state index contributed by atoms with van der Waals surface area (Å²) in [5, 5.41) is 19.8. The summed E-state index contributed by atoms with van der Waals surface area (Å²) in [6, 6.07) is 1.78. The van der Waals surface area contributed by atoms with Crippen LogP contribution in [0.5, 0.6) is 11.5 Å². The number of ether oxygens (including phenoxy) is 1. The topological polar surface area (TPSA) is 49.7 Å². The number of aryl methyl sites for hydroxylation is 1. The summed E-state index contributed by atoms with van der Waals surface area (Å²) in [5.41, 5.74) is 1.29. The van der Waals surface area contributed by atoms with Crippen molar-refractivity contribution in [2.75, 3.05) is 7.11 Å². The average molecular weight is 210 g/mol. The van der Waals surface area contributed by atoms with Crippen molar-refractivity contribution in [3.63, 3.8) is 0 Å². The number of hydrogen-bond acceptors (Lipinski definition) is 3. The van der Waals surface area contributed by atoms with Crippen LogP contribution < -0.4 is 4.74 Å². The largest absolute Gasteiger partial charge is 0.504 e. The smallest absolute Gasteiger partial charge is 0.164 e. The van der Waals surface area contributed by atoms with Crippen molar-refractivity contribution in [3.8, 4) is 11.5 Å². The minimum absolute atomic E-state index is 0.0214. The van der Waals surface area contributed by atoms with Crippen molar-refractivity contribution in [1.82, 2.24) is 0 Å². The van der Waals surface area contributed by atoms with Crippen LogP contribution in [0.3, 0.4) is 0 Å². The minimum atomic E-state index is -1.07. The Morgan fingerprint density at radius 3 is 2.20 bits per heavy atom. The van der Waals surface area contributed by atoms with E-state index in [1.54, 1.807) is 19.9 Å². The maximum absolute atomic E-state index is 9.94. The first kappa shape index (κ1) is 11.9. The van der Waals surface area contributed by atoms with Gasteiger partial charge in [0, 0.05) is 5.56 Å². The van der Waals surface area contributed by atoms with Crippen molar-refractivity contribution in [2.45, 2.75) is 33.3 Å². The molecule has 0 aliphatic carbocycles. The van der Waals surface area contributed by atoms with Crippen LogP contribution in [-0.4, -0.2) is 17.3 Å². The molecule has 3 nitrogen and oxygen atoms in total. The van der Waals surface area contributed by atoms with Crippen LogP contribution in [-0.2, 0) is 5.60 Å². The van der Waals surface area contributed by atoms with Crippen LogP contribution in [0.4, 0.5) is 0 Å². The van der Waals surface area contributed by atoms with Gasteiger partial charge in [0.2, 0.25) is 0 Å². The maximum atomic E-state index is 9.94. The molecule has 0 aliphatic rings. The first-order chi connectivity index (χ1) is 6.79. The molecule has 0 heterocycles. The van der Waals surface area contributed by atoms with E-state index in [0.717, 1.165) is 11.1 Å². The summed E-state index contributed by atoms with van der Waals surface area (Å²) in [5.74, 6) is 0.459. The quantitative estimate of drug-likeness (QED) is 0.787. The molecule has 0 unspecified atom stereocenters. The third kappa shape index (κ3) is 2.07. The Morgan fingerprint density at radius 1 is 1.27 bits per heavy atom. The fraction of sp³-hybridized carbons (Fsp3) is 0.500. The first-order valence-corrected chi connectivity index (χ1v) is 4.89. The molecule has 0 aromatic heterocycles. The van der Waals surface area contributed by atoms with E-state index in [1.807, 2.05) is 13.8 Å². The molecular weight excluding hydrogens is 192 g/mol. The number of phenols is 1. The molecule has 2 N–H and O–H groups in total. The van der Waals surface area contributed by atoms with E-state index >= 15 is 0 Å². The lowest BCUT2D eigenvalue weighted by Crippen LogP contribution is -2.16. The van der Waals surface area contributed by atoms with Crippen LogP contribution in [0.1, 0.15) is 30.5 Å². The van der Waals surface area contributed by atoms with Crippen molar-refractivity contribution in [1.29, 1.82) is 0 Å². The van der Waals surface area contributed by atoms with E-state index in [-0.39, 0.29) is 5.75 Å². The summed E-state index contributed by atoms with van der Waals surface area (Å²) in [4.78, 5) is 0. The number of rotatable bonds is 2. The van der Waals surface area contributed by atoms with Gasteiger partial charge in [-0.25, -0.2) is 0 Å². The van der Waals surface area contributed by atoms with Crippen LogP contribution in [0, 0.1) is 13.8 Å². The molecule has 1 rings (SSSR count). The molecule has 1 aromatic rings. The Morgan fingerprint density at radius 2 is 1.80 bits per heavy atom. The lowest BCUT2D eigenvalue weighted by molar-refractivity contribution is 0.0752. The number of phenolic OH excluding ortho intramolecular Hbond substituents is 1. The average Bonchev–Trinajstić information content (AvgIpc) is 2.10. The predicted molar refractivity (Wildman–Crippen MR) is 59.4 cm³/mol. The highest BCUT2D eigenvalue weighted by molar-refractivity contribution is 5.55. The van der Waals surface area contributed by atoms with Gasteiger partial charge in [0.05, 0.1) is 12.7 Å². The second-order valence-electron chi connectivity index (χ2n) is 4.31. The molecular formula is C12H18O3.